The van der Waals surface area contributed by atoms with Crippen molar-refractivity contribution in [1.29, 1.82) is 0 Å². The van der Waals surface area contributed by atoms with E-state index in [4.69, 9.17) is 5.73 Å². The fraction of sp³-hybridized carbons (Fsp3) is 0.778. The molecule has 0 saturated heterocycles. The molecule has 1 aromatic rings. The lowest BCUT2D eigenvalue weighted by atomic mass is 10.1. The van der Waals surface area contributed by atoms with Gasteiger partial charge in [0.05, 0.1) is 0 Å². The number of nitrogens with two attached hydrogens (primary N) is 1. The third-order valence-electron chi connectivity index (χ3n) is 2.84. The molecule has 5 heteroatoms. The molecule has 0 bridgehead atoms. The maximum atomic E-state index is 5.47. The minimum atomic E-state index is 0.387. The largest absolute Gasteiger partial charge is 0.368 e. The Balaban J connectivity index is 1.91. The summed E-state index contributed by atoms with van der Waals surface area (Å²) in [6.07, 6.45) is 5.41. The zero-order valence-corrected chi connectivity index (χ0v) is 8.53. The first kappa shape index (κ1) is 9.30. The van der Waals surface area contributed by atoms with E-state index in [1.165, 1.54) is 25.7 Å². The van der Waals surface area contributed by atoms with Crippen molar-refractivity contribution in [2.75, 3.05) is 24.2 Å². The van der Waals surface area contributed by atoms with Crippen molar-refractivity contribution in [2.45, 2.75) is 25.7 Å². The summed E-state index contributed by atoms with van der Waals surface area (Å²) in [6, 6.07) is 0. The average molecular weight is 195 g/mol. The molecule has 0 spiro atoms. The summed E-state index contributed by atoms with van der Waals surface area (Å²) in [5.41, 5.74) is 5.47. The van der Waals surface area contributed by atoms with Crippen LogP contribution in [-0.2, 0) is 0 Å². The lowest BCUT2D eigenvalue weighted by Crippen LogP contribution is -2.25. The Hall–Kier alpha value is -1.26. The van der Waals surface area contributed by atoms with Crippen LogP contribution in [0.15, 0.2) is 0 Å². The molecule has 0 radical (unpaired) electrons. The molecule has 1 aliphatic rings. The van der Waals surface area contributed by atoms with Crippen LogP contribution in [0.3, 0.4) is 0 Å². The normalized spacial score (nSPS) is 17.5. The fourth-order valence-electron chi connectivity index (χ4n) is 2.10. The van der Waals surface area contributed by atoms with Crippen molar-refractivity contribution in [1.82, 2.24) is 15.2 Å². The Morgan fingerprint density at radius 2 is 2.21 bits per heavy atom. The highest BCUT2D eigenvalue weighted by atomic mass is 15.4. The van der Waals surface area contributed by atoms with Gasteiger partial charge in [-0.1, -0.05) is 12.8 Å². The van der Waals surface area contributed by atoms with Crippen molar-refractivity contribution < 1.29 is 0 Å². The van der Waals surface area contributed by atoms with Gasteiger partial charge in [-0.05, 0) is 18.8 Å². The van der Waals surface area contributed by atoms with Crippen LogP contribution >= 0.6 is 0 Å². The van der Waals surface area contributed by atoms with E-state index in [1.807, 2.05) is 7.05 Å². The van der Waals surface area contributed by atoms with Crippen LogP contribution in [0, 0.1) is 5.92 Å². The molecule has 78 valence electrons. The van der Waals surface area contributed by atoms with Gasteiger partial charge in [-0.15, -0.1) is 5.10 Å². The molecule has 1 heterocycles. The standard InChI is InChI=1S/C9H17N5/c1-14(6-7-4-2-3-5-7)9-11-8(10)12-13-9/h7H,2-6H2,1H3,(H3,10,11,12,13). The fourth-order valence-corrected chi connectivity index (χ4v) is 2.10. The van der Waals surface area contributed by atoms with Gasteiger partial charge >= 0.3 is 0 Å². The van der Waals surface area contributed by atoms with Crippen molar-refractivity contribution >= 4 is 11.9 Å². The molecule has 0 unspecified atom stereocenters. The van der Waals surface area contributed by atoms with E-state index in [0.29, 0.717) is 11.9 Å². The van der Waals surface area contributed by atoms with E-state index in [0.717, 1.165) is 12.5 Å². The lowest BCUT2D eigenvalue weighted by molar-refractivity contribution is 0.543. The lowest BCUT2D eigenvalue weighted by Gasteiger charge is -2.18. The van der Waals surface area contributed by atoms with E-state index in [1.54, 1.807) is 0 Å². The minimum absolute atomic E-state index is 0.387. The quantitative estimate of drug-likeness (QED) is 0.755. The molecule has 1 aliphatic carbocycles. The first-order chi connectivity index (χ1) is 6.75. The summed E-state index contributed by atoms with van der Waals surface area (Å²) in [7, 11) is 2.01. The molecule has 0 aliphatic heterocycles. The van der Waals surface area contributed by atoms with Crippen LogP contribution in [0.25, 0.3) is 0 Å². The zero-order chi connectivity index (χ0) is 9.97. The summed E-state index contributed by atoms with van der Waals surface area (Å²) < 4.78 is 0. The van der Waals surface area contributed by atoms with Crippen molar-refractivity contribution in [3.05, 3.63) is 0 Å². The minimum Gasteiger partial charge on any atom is -0.368 e. The van der Waals surface area contributed by atoms with Crippen LogP contribution in [0.5, 0.6) is 0 Å². The Kier molecular flexibility index (Phi) is 2.56. The number of hydrogen-bond donors (Lipinski definition) is 2. The smallest absolute Gasteiger partial charge is 0.246 e. The summed E-state index contributed by atoms with van der Waals surface area (Å²) >= 11 is 0. The number of aromatic nitrogens is 3. The maximum absolute atomic E-state index is 5.47. The van der Waals surface area contributed by atoms with Crippen LogP contribution in [-0.4, -0.2) is 28.8 Å². The predicted octanol–water partition coefficient (Wildman–Crippen LogP) is 1.01. The van der Waals surface area contributed by atoms with Gasteiger partial charge in [0.25, 0.3) is 0 Å². The molecule has 0 amide bonds. The molecule has 5 nitrogen and oxygen atoms in total. The SMILES string of the molecule is CN(CC1CCCC1)c1n[nH]c(N)n1. The van der Waals surface area contributed by atoms with Crippen molar-refractivity contribution in [3.63, 3.8) is 0 Å². The summed E-state index contributed by atoms with van der Waals surface area (Å²) in [5.74, 6) is 1.90. The number of H-pyrrole nitrogens is 1. The van der Waals surface area contributed by atoms with Gasteiger partial charge in [-0.3, -0.25) is 0 Å². The van der Waals surface area contributed by atoms with Gasteiger partial charge in [0.1, 0.15) is 0 Å². The van der Waals surface area contributed by atoms with Gasteiger partial charge in [-0.2, -0.15) is 4.98 Å². The second kappa shape index (κ2) is 3.86. The van der Waals surface area contributed by atoms with E-state index in [2.05, 4.69) is 20.1 Å². The van der Waals surface area contributed by atoms with E-state index < -0.39 is 0 Å². The van der Waals surface area contributed by atoms with Gasteiger partial charge in [0, 0.05) is 13.6 Å². The predicted molar refractivity (Wildman–Crippen MR) is 56.0 cm³/mol. The highest BCUT2D eigenvalue weighted by molar-refractivity contribution is 5.32. The van der Waals surface area contributed by atoms with Gasteiger partial charge in [0.2, 0.25) is 11.9 Å². The molecule has 2 rings (SSSR count). The molecule has 14 heavy (non-hydrogen) atoms. The second-order valence-electron chi connectivity index (χ2n) is 4.05. The maximum Gasteiger partial charge on any atom is 0.246 e. The van der Waals surface area contributed by atoms with Crippen LogP contribution in [0.2, 0.25) is 0 Å². The van der Waals surface area contributed by atoms with Gasteiger partial charge in [0.15, 0.2) is 0 Å². The molecule has 3 N–H and O–H groups in total. The first-order valence-electron chi connectivity index (χ1n) is 5.14. The second-order valence-corrected chi connectivity index (χ2v) is 4.05. The number of nitrogens with zero attached hydrogens (tertiary/aromatic N) is 3. The molecule has 1 fully saturated rings. The zero-order valence-electron chi connectivity index (χ0n) is 8.53. The Morgan fingerprint density at radius 1 is 1.50 bits per heavy atom. The molecular formula is C9H17N5. The van der Waals surface area contributed by atoms with E-state index >= 15 is 0 Å². The molecule has 1 saturated carbocycles. The van der Waals surface area contributed by atoms with Gasteiger partial charge in [-0.25, -0.2) is 5.10 Å². The number of nitrogen functional groups attached to an aromatic ring is 1. The Morgan fingerprint density at radius 3 is 2.79 bits per heavy atom. The molecule has 0 atom stereocenters. The van der Waals surface area contributed by atoms with Crippen LogP contribution < -0.4 is 10.6 Å². The summed E-state index contributed by atoms with van der Waals surface area (Å²) in [5, 5.41) is 6.67. The highest BCUT2D eigenvalue weighted by Gasteiger charge is 2.18. The van der Waals surface area contributed by atoms with Gasteiger partial charge < -0.3 is 10.6 Å². The number of aromatic amines is 1. The third kappa shape index (κ3) is 1.97. The number of anilines is 2. The topological polar surface area (TPSA) is 70.8 Å². The molecule has 0 aromatic carbocycles. The number of nitrogens with one attached hydrogen (secondary N) is 1. The number of hydrogen-bond acceptors (Lipinski definition) is 4. The van der Waals surface area contributed by atoms with E-state index in [-0.39, 0.29) is 0 Å². The first-order valence-corrected chi connectivity index (χ1v) is 5.14. The Labute approximate surface area is 83.7 Å². The Bertz CT molecular complexity index is 289. The van der Waals surface area contributed by atoms with E-state index in [9.17, 15) is 0 Å². The third-order valence-corrected chi connectivity index (χ3v) is 2.84. The monoisotopic (exact) mass is 195 g/mol. The summed E-state index contributed by atoms with van der Waals surface area (Å²) in [4.78, 5) is 6.16. The van der Waals surface area contributed by atoms with Crippen molar-refractivity contribution in [2.24, 2.45) is 5.92 Å². The summed E-state index contributed by atoms with van der Waals surface area (Å²) in [6.45, 7) is 1.04. The van der Waals surface area contributed by atoms with Crippen LogP contribution in [0.1, 0.15) is 25.7 Å². The molecule has 1 aromatic heterocycles. The highest BCUT2D eigenvalue weighted by Crippen LogP contribution is 2.25. The van der Waals surface area contributed by atoms with Crippen LogP contribution in [0.4, 0.5) is 11.9 Å². The molecular weight excluding hydrogens is 178 g/mol. The average Bonchev–Trinajstić information content (AvgIpc) is 2.75. The van der Waals surface area contributed by atoms with Crippen molar-refractivity contribution in [3.8, 4) is 0 Å². The number of rotatable bonds is 3.